The van der Waals surface area contributed by atoms with Gasteiger partial charge >= 0.3 is 12.1 Å². The topological polar surface area (TPSA) is 38.3 Å². The van der Waals surface area contributed by atoms with Crippen molar-refractivity contribution in [3.05, 3.63) is 34.1 Å². The van der Waals surface area contributed by atoms with E-state index in [4.69, 9.17) is 4.74 Å². The molecule has 0 aromatic heterocycles. The molecule has 1 aromatic rings. The summed E-state index contributed by atoms with van der Waals surface area (Å²) in [5, 5.41) is 2.08. The first kappa shape index (κ1) is 21.8. The number of ether oxygens (including phenoxy) is 1. The number of benzene rings is 1. The average molecular weight is 432 g/mol. The zero-order valence-corrected chi connectivity index (χ0v) is 15.5. The minimum Gasteiger partial charge on any atom is -0.465 e. The molecule has 142 valence electrons. The molecule has 0 amide bonds. The van der Waals surface area contributed by atoms with E-state index in [2.05, 4.69) is 21.2 Å². The number of carbonyl (C=O) groups excluding carboxylic acids is 1. The normalized spacial score (nSPS) is 14.9. The monoisotopic (exact) mass is 431 g/mol. The summed E-state index contributed by atoms with van der Waals surface area (Å²) in [5.41, 5.74) is -2.34. The van der Waals surface area contributed by atoms with Crippen LogP contribution >= 0.6 is 15.9 Å². The Balaban J connectivity index is 3.19. The maximum absolute atomic E-state index is 13.9. The van der Waals surface area contributed by atoms with Crippen molar-refractivity contribution in [3.8, 4) is 0 Å². The fourth-order valence-corrected chi connectivity index (χ4v) is 2.46. The van der Waals surface area contributed by atoms with Crippen LogP contribution in [0, 0.1) is 5.82 Å². The van der Waals surface area contributed by atoms with Gasteiger partial charge in [-0.2, -0.15) is 13.2 Å². The summed E-state index contributed by atoms with van der Waals surface area (Å²) in [6.45, 7) is 3.71. The van der Waals surface area contributed by atoms with Gasteiger partial charge in [0.2, 0.25) is 0 Å². The van der Waals surface area contributed by atoms with Gasteiger partial charge in [-0.3, -0.25) is 10.1 Å². The molecular weight excluding hydrogens is 413 g/mol. The standard InChI is InChI=1S/C16H19BrF5NO2/c1-4-25-14(24)12(8-15(2,3)19)23-13(16(20,21)22)9-5-6-10(17)11(18)7-9/h5-7,12-13,23H,4,8H2,1-3H3. The fraction of sp³-hybridized carbons (Fsp3) is 0.562. The highest BCUT2D eigenvalue weighted by atomic mass is 79.9. The van der Waals surface area contributed by atoms with Crippen LogP contribution in [0.3, 0.4) is 0 Å². The second-order valence-electron chi connectivity index (χ2n) is 6.04. The molecule has 0 heterocycles. The maximum Gasteiger partial charge on any atom is 0.407 e. The molecule has 2 atom stereocenters. The Morgan fingerprint density at radius 1 is 1.28 bits per heavy atom. The quantitative estimate of drug-likeness (QED) is 0.495. The average Bonchev–Trinajstić information content (AvgIpc) is 2.44. The summed E-state index contributed by atoms with van der Waals surface area (Å²) in [5.74, 6) is -1.88. The third-order valence-corrected chi connectivity index (χ3v) is 3.88. The molecule has 2 unspecified atom stereocenters. The maximum atomic E-state index is 13.9. The van der Waals surface area contributed by atoms with E-state index in [1.165, 1.54) is 6.92 Å². The van der Waals surface area contributed by atoms with Crippen LogP contribution in [0.2, 0.25) is 0 Å². The van der Waals surface area contributed by atoms with Gasteiger partial charge in [0.05, 0.1) is 11.1 Å². The van der Waals surface area contributed by atoms with Gasteiger partial charge in [0.15, 0.2) is 0 Å². The third kappa shape index (κ3) is 6.89. The van der Waals surface area contributed by atoms with E-state index >= 15 is 0 Å². The van der Waals surface area contributed by atoms with E-state index in [1.54, 1.807) is 0 Å². The Hall–Kier alpha value is -1.22. The van der Waals surface area contributed by atoms with Crippen molar-refractivity contribution >= 4 is 21.9 Å². The second kappa shape index (κ2) is 8.44. The number of halogens is 6. The highest BCUT2D eigenvalue weighted by Gasteiger charge is 2.44. The summed E-state index contributed by atoms with van der Waals surface area (Å²) < 4.78 is 72.6. The molecule has 0 saturated heterocycles. The van der Waals surface area contributed by atoms with Gasteiger partial charge in [-0.25, -0.2) is 8.78 Å². The van der Waals surface area contributed by atoms with E-state index < -0.39 is 47.7 Å². The first-order valence-electron chi connectivity index (χ1n) is 7.48. The lowest BCUT2D eigenvalue weighted by molar-refractivity contribution is -0.165. The molecular formula is C16H19BrF5NO2. The molecule has 25 heavy (non-hydrogen) atoms. The van der Waals surface area contributed by atoms with Crippen LogP contribution in [0.1, 0.15) is 38.8 Å². The number of esters is 1. The number of nitrogens with one attached hydrogen (secondary N) is 1. The second-order valence-corrected chi connectivity index (χ2v) is 6.90. The van der Waals surface area contributed by atoms with Crippen LogP contribution in [-0.4, -0.2) is 30.5 Å². The first-order valence-corrected chi connectivity index (χ1v) is 8.27. The minimum absolute atomic E-state index is 0.00371. The van der Waals surface area contributed by atoms with Crippen molar-refractivity contribution in [2.24, 2.45) is 0 Å². The lowest BCUT2D eigenvalue weighted by Crippen LogP contribution is -2.47. The predicted molar refractivity (Wildman–Crippen MR) is 86.3 cm³/mol. The number of hydrogen-bond acceptors (Lipinski definition) is 3. The summed E-state index contributed by atoms with van der Waals surface area (Å²) in [6, 6.07) is -0.993. The van der Waals surface area contributed by atoms with Gasteiger partial charge in [-0.1, -0.05) is 6.07 Å². The van der Waals surface area contributed by atoms with Gasteiger partial charge in [-0.05, 0) is 54.4 Å². The summed E-state index contributed by atoms with van der Waals surface area (Å²) >= 11 is 2.86. The number of hydrogen-bond donors (Lipinski definition) is 1. The van der Waals surface area contributed by atoms with Crippen LogP contribution in [0.15, 0.2) is 22.7 Å². The van der Waals surface area contributed by atoms with Crippen molar-refractivity contribution < 1.29 is 31.5 Å². The van der Waals surface area contributed by atoms with E-state index in [0.29, 0.717) is 6.07 Å². The smallest absolute Gasteiger partial charge is 0.407 e. The van der Waals surface area contributed by atoms with Crippen LogP contribution in [0.25, 0.3) is 0 Å². The molecule has 0 aliphatic carbocycles. The number of alkyl halides is 4. The van der Waals surface area contributed by atoms with Crippen molar-refractivity contribution in [2.75, 3.05) is 6.61 Å². The van der Waals surface area contributed by atoms with Crippen molar-refractivity contribution in [2.45, 2.75) is 51.1 Å². The van der Waals surface area contributed by atoms with Crippen molar-refractivity contribution in [3.63, 3.8) is 0 Å². The molecule has 3 nitrogen and oxygen atoms in total. The Labute approximate surface area is 151 Å². The molecule has 0 spiro atoms. The molecule has 9 heteroatoms. The Morgan fingerprint density at radius 2 is 1.88 bits per heavy atom. The SMILES string of the molecule is CCOC(=O)C(CC(C)(C)F)NC(c1ccc(Br)c(F)c1)C(F)(F)F. The molecule has 0 bridgehead atoms. The van der Waals surface area contributed by atoms with Gasteiger partial charge in [0, 0.05) is 6.42 Å². The molecule has 1 N–H and O–H groups in total. The summed E-state index contributed by atoms with van der Waals surface area (Å²) in [6.07, 6.45) is -5.36. The zero-order chi connectivity index (χ0) is 19.4. The van der Waals surface area contributed by atoms with Gasteiger partial charge in [0.25, 0.3) is 0 Å². The molecule has 1 rings (SSSR count). The van der Waals surface area contributed by atoms with E-state index in [9.17, 15) is 26.7 Å². The van der Waals surface area contributed by atoms with E-state index in [-0.39, 0.29) is 11.1 Å². The van der Waals surface area contributed by atoms with Crippen molar-refractivity contribution in [1.29, 1.82) is 0 Å². The molecule has 1 aromatic carbocycles. The lowest BCUT2D eigenvalue weighted by atomic mass is 9.98. The Kier molecular flexibility index (Phi) is 7.37. The predicted octanol–water partition coefficient (Wildman–Crippen LogP) is 4.85. The van der Waals surface area contributed by atoms with Gasteiger partial charge < -0.3 is 4.74 Å². The molecule has 0 fully saturated rings. The fourth-order valence-electron chi connectivity index (χ4n) is 2.21. The largest absolute Gasteiger partial charge is 0.465 e. The van der Waals surface area contributed by atoms with Crippen molar-refractivity contribution in [1.82, 2.24) is 5.32 Å². The van der Waals surface area contributed by atoms with Crippen LogP contribution < -0.4 is 5.32 Å². The molecule has 0 aliphatic heterocycles. The van der Waals surface area contributed by atoms with Crippen LogP contribution in [-0.2, 0) is 9.53 Å². The number of carbonyl (C=O) groups is 1. The van der Waals surface area contributed by atoms with Gasteiger partial charge in [0.1, 0.15) is 23.6 Å². The minimum atomic E-state index is -4.83. The van der Waals surface area contributed by atoms with E-state index in [1.807, 2.05) is 0 Å². The number of rotatable bonds is 7. The molecule has 0 aliphatic rings. The Bertz CT molecular complexity index is 601. The van der Waals surface area contributed by atoms with Gasteiger partial charge in [-0.15, -0.1) is 0 Å². The van der Waals surface area contributed by atoms with E-state index in [0.717, 1.165) is 26.0 Å². The third-order valence-electron chi connectivity index (χ3n) is 3.23. The summed E-state index contributed by atoms with van der Waals surface area (Å²) in [7, 11) is 0. The molecule has 0 saturated carbocycles. The summed E-state index contributed by atoms with van der Waals surface area (Å²) in [4.78, 5) is 11.9. The Morgan fingerprint density at radius 3 is 2.32 bits per heavy atom. The highest BCUT2D eigenvalue weighted by molar-refractivity contribution is 9.10. The highest BCUT2D eigenvalue weighted by Crippen LogP contribution is 2.35. The molecule has 0 radical (unpaired) electrons. The van der Waals surface area contributed by atoms with Crippen LogP contribution in [0.4, 0.5) is 22.0 Å². The van der Waals surface area contributed by atoms with Crippen LogP contribution in [0.5, 0.6) is 0 Å². The lowest BCUT2D eigenvalue weighted by Gasteiger charge is -2.29. The first-order chi connectivity index (χ1) is 11.3. The zero-order valence-electron chi connectivity index (χ0n) is 13.9.